The van der Waals surface area contributed by atoms with Gasteiger partial charge in [0.15, 0.2) is 0 Å². The Labute approximate surface area is 178 Å². The van der Waals surface area contributed by atoms with E-state index in [9.17, 15) is 4.79 Å². The molecule has 28 heavy (non-hydrogen) atoms. The maximum absolute atomic E-state index is 12.7. The molecule has 1 amide bonds. The van der Waals surface area contributed by atoms with Crippen LogP contribution in [0.1, 0.15) is 16.1 Å². The van der Waals surface area contributed by atoms with Crippen LogP contribution in [0.25, 0.3) is 10.6 Å². The lowest BCUT2D eigenvalue weighted by atomic mass is 10.2. The number of hydrogen-bond acceptors (Lipinski definition) is 4. The molecule has 0 aliphatic carbocycles. The molecule has 0 saturated carbocycles. The van der Waals surface area contributed by atoms with Gasteiger partial charge < -0.3 is 4.90 Å². The molecular formula is C21H19Cl2N3OS. The maximum Gasteiger partial charge on any atom is 0.253 e. The van der Waals surface area contributed by atoms with Crippen LogP contribution in [0, 0.1) is 0 Å². The van der Waals surface area contributed by atoms with Crippen LogP contribution in [0.3, 0.4) is 0 Å². The molecule has 0 bridgehead atoms. The fourth-order valence-electron chi connectivity index (χ4n) is 3.24. The zero-order valence-electron chi connectivity index (χ0n) is 15.1. The van der Waals surface area contributed by atoms with Gasteiger partial charge in [-0.15, -0.1) is 11.3 Å². The number of amides is 1. The molecule has 0 unspecified atom stereocenters. The summed E-state index contributed by atoms with van der Waals surface area (Å²) in [4.78, 5) is 21.7. The highest BCUT2D eigenvalue weighted by Crippen LogP contribution is 2.25. The first-order chi connectivity index (χ1) is 13.6. The minimum atomic E-state index is -0.00163. The van der Waals surface area contributed by atoms with Crippen molar-refractivity contribution in [3.05, 3.63) is 75.2 Å². The number of piperazine rings is 1. The summed E-state index contributed by atoms with van der Waals surface area (Å²) in [6.07, 6.45) is 0. The molecule has 4 rings (SSSR count). The van der Waals surface area contributed by atoms with Crippen LogP contribution in [-0.4, -0.2) is 46.9 Å². The third-order valence-electron chi connectivity index (χ3n) is 4.78. The number of thiazole rings is 1. The first kappa shape index (κ1) is 19.4. The third-order valence-corrected chi connectivity index (χ3v) is 6.46. The Hall–Kier alpha value is -1.92. The normalized spacial score (nSPS) is 15.0. The summed E-state index contributed by atoms with van der Waals surface area (Å²) in [6.45, 7) is 3.83. The number of aromatic nitrogens is 1. The SMILES string of the molecule is O=C(c1ccc(Cl)c(Cl)c1)N1CCN(Cc2csc(-c3ccccc3)n2)CC1. The summed E-state index contributed by atoms with van der Waals surface area (Å²) in [5, 5.41) is 4.03. The van der Waals surface area contributed by atoms with Crippen LogP contribution >= 0.6 is 34.5 Å². The van der Waals surface area contributed by atoms with Gasteiger partial charge in [0.2, 0.25) is 0 Å². The fourth-order valence-corrected chi connectivity index (χ4v) is 4.36. The second-order valence-electron chi connectivity index (χ2n) is 6.71. The molecule has 1 aliphatic rings. The van der Waals surface area contributed by atoms with E-state index >= 15 is 0 Å². The van der Waals surface area contributed by atoms with Gasteiger partial charge in [-0.2, -0.15) is 0 Å². The summed E-state index contributed by atoms with van der Waals surface area (Å²) in [7, 11) is 0. The van der Waals surface area contributed by atoms with Crippen molar-refractivity contribution >= 4 is 40.4 Å². The third kappa shape index (κ3) is 4.39. The Morgan fingerprint density at radius 2 is 1.75 bits per heavy atom. The van der Waals surface area contributed by atoms with Crippen molar-refractivity contribution in [3.8, 4) is 10.6 Å². The smallest absolute Gasteiger partial charge is 0.253 e. The second kappa shape index (κ2) is 8.62. The van der Waals surface area contributed by atoms with Crippen LogP contribution in [-0.2, 0) is 6.54 Å². The van der Waals surface area contributed by atoms with Crippen LogP contribution in [0.15, 0.2) is 53.9 Å². The quantitative estimate of drug-likeness (QED) is 0.577. The lowest BCUT2D eigenvalue weighted by molar-refractivity contribution is 0.0627. The molecule has 3 aromatic rings. The number of rotatable bonds is 4. The molecule has 144 valence electrons. The fraction of sp³-hybridized carbons (Fsp3) is 0.238. The monoisotopic (exact) mass is 431 g/mol. The highest BCUT2D eigenvalue weighted by Gasteiger charge is 2.23. The Morgan fingerprint density at radius 3 is 2.46 bits per heavy atom. The Kier molecular flexibility index (Phi) is 5.97. The van der Waals surface area contributed by atoms with Gasteiger partial charge in [-0.25, -0.2) is 4.98 Å². The van der Waals surface area contributed by atoms with Gasteiger partial charge in [-0.1, -0.05) is 53.5 Å². The van der Waals surface area contributed by atoms with E-state index in [1.807, 2.05) is 23.1 Å². The molecule has 2 heterocycles. The highest BCUT2D eigenvalue weighted by molar-refractivity contribution is 7.13. The van der Waals surface area contributed by atoms with Crippen molar-refractivity contribution in [2.75, 3.05) is 26.2 Å². The highest BCUT2D eigenvalue weighted by atomic mass is 35.5. The van der Waals surface area contributed by atoms with Gasteiger partial charge in [-0.05, 0) is 18.2 Å². The lowest BCUT2D eigenvalue weighted by Crippen LogP contribution is -2.48. The van der Waals surface area contributed by atoms with E-state index in [4.69, 9.17) is 28.2 Å². The van der Waals surface area contributed by atoms with Crippen molar-refractivity contribution in [3.63, 3.8) is 0 Å². The molecule has 1 aromatic heterocycles. The van der Waals surface area contributed by atoms with E-state index in [1.165, 1.54) is 0 Å². The summed E-state index contributed by atoms with van der Waals surface area (Å²) in [5.74, 6) is -0.00163. The summed E-state index contributed by atoms with van der Waals surface area (Å²) in [5.41, 5.74) is 2.80. The predicted molar refractivity (Wildman–Crippen MR) is 115 cm³/mol. The number of hydrogen-bond donors (Lipinski definition) is 0. The number of nitrogens with zero attached hydrogens (tertiary/aromatic N) is 3. The number of carbonyl (C=O) groups excluding carboxylic acids is 1. The van der Waals surface area contributed by atoms with Crippen LogP contribution in [0.5, 0.6) is 0 Å². The Balaban J connectivity index is 1.34. The molecule has 1 saturated heterocycles. The van der Waals surface area contributed by atoms with E-state index in [2.05, 4.69) is 22.4 Å². The van der Waals surface area contributed by atoms with Crippen molar-refractivity contribution in [1.29, 1.82) is 0 Å². The van der Waals surface area contributed by atoms with Gasteiger partial charge in [0.1, 0.15) is 5.01 Å². The molecule has 0 spiro atoms. The van der Waals surface area contributed by atoms with Gasteiger partial charge >= 0.3 is 0 Å². The Bertz CT molecular complexity index is 969. The first-order valence-electron chi connectivity index (χ1n) is 9.06. The van der Waals surface area contributed by atoms with Crippen LogP contribution in [0.4, 0.5) is 0 Å². The van der Waals surface area contributed by atoms with Gasteiger partial charge in [-0.3, -0.25) is 9.69 Å². The molecule has 4 nitrogen and oxygen atoms in total. The standard InChI is InChI=1S/C21H19Cl2N3OS/c22-18-7-6-16(12-19(18)23)21(27)26-10-8-25(9-11-26)13-17-14-28-20(24-17)15-4-2-1-3-5-15/h1-7,12,14H,8-11,13H2. The van der Waals surface area contributed by atoms with Gasteiger partial charge in [0.05, 0.1) is 15.7 Å². The van der Waals surface area contributed by atoms with Gasteiger partial charge in [0.25, 0.3) is 5.91 Å². The largest absolute Gasteiger partial charge is 0.336 e. The lowest BCUT2D eigenvalue weighted by Gasteiger charge is -2.34. The average Bonchev–Trinajstić information content (AvgIpc) is 3.19. The summed E-state index contributed by atoms with van der Waals surface area (Å²) >= 11 is 13.6. The van der Waals surface area contributed by atoms with E-state index < -0.39 is 0 Å². The Morgan fingerprint density at radius 1 is 1.00 bits per heavy atom. The van der Waals surface area contributed by atoms with E-state index in [0.29, 0.717) is 28.7 Å². The van der Waals surface area contributed by atoms with Crippen molar-refractivity contribution < 1.29 is 4.79 Å². The molecule has 0 N–H and O–H groups in total. The molecule has 7 heteroatoms. The molecule has 0 atom stereocenters. The molecular weight excluding hydrogens is 413 g/mol. The first-order valence-corrected chi connectivity index (χ1v) is 10.7. The second-order valence-corrected chi connectivity index (χ2v) is 8.38. The molecule has 1 aliphatic heterocycles. The maximum atomic E-state index is 12.7. The van der Waals surface area contributed by atoms with Crippen LogP contribution < -0.4 is 0 Å². The van der Waals surface area contributed by atoms with Crippen molar-refractivity contribution in [2.45, 2.75) is 6.54 Å². The van der Waals surface area contributed by atoms with Crippen molar-refractivity contribution in [1.82, 2.24) is 14.8 Å². The minimum Gasteiger partial charge on any atom is -0.336 e. The average molecular weight is 432 g/mol. The van der Waals surface area contributed by atoms with E-state index in [1.54, 1.807) is 29.5 Å². The number of benzene rings is 2. The topological polar surface area (TPSA) is 36.4 Å². The number of carbonyl (C=O) groups is 1. The van der Waals surface area contributed by atoms with E-state index in [-0.39, 0.29) is 5.91 Å². The summed E-state index contributed by atoms with van der Waals surface area (Å²) < 4.78 is 0. The van der Waals surface area contributed by atoms with Gasteiger partial charge in [0, 0.05) is 49.2 Å². The van der Waals surface area contributed by atoms with Crippen molar-refractivity contribution in [2.24, 2.45) is 0 Å². The zero-order chi connectivity index (χ0) is 19.5. The summed E-state index contributed by atoms with van der Waals surface area (Å²) in [6, 6.07) is 15.3. The zero-order valence-corrected chi connectivity index (χ0v) is 17.5. The molecule has 2 aromatic carbocycles. The van der Waals surface area contributed by atoms with E-state index in [0.717, 1.165) is 35.9 Å². The number of halogens is 2. The van der Waals surface area contributed by atoms with Crippen LogP contribution in [0.2, 0.25) is 10.0 Å². The molecule has 0 radical (unpaired) electrons. The predicted octanol–water partition coefficient (Wildman–Crippen LogP) is 5.07. The molecule has 1 fully saturated rings. The minimum absolute atomic E-state index is 0.00163.